The lowest BCUT2D eigenvalue weighted by atomic mass is 10.2. The van der Waals surface area contributed by atoms with Crippen molar-refractivity contribution < 1.29 is 4.79 Å². The number of carbonyl (C=O) groups is 1. The number of aromatic amines is 1. The summed E-state index contributed by atoms with van der Waals surface area (Å²) in [4.78, 5) is 11.7. The van der Waals surface area contributed by atoms with E-state index >= 15 is 0 Å². The van der Waals surface area contributed by atoms with Crippen LogP contribution in [0.2, 0.25) is 10.0 Å². The molecule has 1 aromatic carbocycles. The van der Waals surface area contributed by atoms with Crippen molar-refractivity contribution >= 4 is 34.9 Å². The van der Waals surface area contributed by atoms with Gasteiger partial charge in [0.2, 0.25) is 0 Å². The van der Waals surface area contributed by atoms with E-state index in [2.05, 4.69) is 15.5 Å². The lowest BCUT2D eigenvalue weighted by molar-refractivity contribution is 0.102. The fourth-order valence-electron chi connectivity index (χ4n) is 1.20. The van der Waals surface area contributed by atoms with E-state index in [0.29, 0.717) is 21.4 Å². The zero-order valence-electron chi connectivity index (χ0n) is 8.00. The molecule has 0 aliphatic carbocycles. The first-order valence-corrected chi connectivity index (χ1v) is 5.17. The molecule has 16 heavy (non-hydrogen) atoms. The molecule has 0 bridgehead atoms. The molecule has 1 amide bonds. The molecule has 0 saturated heterocycles. The Bertz CT molecular complexity index is 491. The second-order valence-electron chi connectivity index (χ2n) is 3.08. The van der Waals surface area contributed by atoms with Gasteiger partial charge in [0.05, 0.1) is 6.20 Å². The summed E-state index contributed by atoms with van der Waals surface area (Å²) in [6.07, 6.45) is 1.54. The summed E-state index contributed by atoms with van der Waals surface area (Å²) in [6, 6.07) is 6.29. The topological polar surface area (TPSA) is 57.8 Å². The molecule has 1 aromatic heterocycles. The first-order valence-electron chi connectivity index (χ1n) is 4.42. The summed E-state index contributed by atoms with van der Waals surface area (Å²) >= 11 is 11.6. The minimum absolute atomic E-state index is 0.298. The van der Waals surface area contributed by atoms with Crippen LogP contribution in [0.15, 0.2) is 30.5 Å². The molecule has 0 saturated carbocycles. The third-order valence-corrected chi connectivity index (χ3v) is 2.31. The van der Waals surface area contributed by atoms with Crippen molar-refractivity contribution in [3.05, 3.63) is 46.1 Å². The zero-order chi connectivity index (χ0) is 11.5. The average molecular weight is 256 g/mol. The van der Waals surface area contributed by atoms with Crippen LogP contribution in [0.25, 0.3) is 0 Å². The number of nitrogens with one attached hydrogen (secondary N) is 2. The van der Waals surface area contributed by atoms with Crippen molar-refractivity contribution in [2.75, 3.05) is 5.32 Å². The van der Waals surface area contributed by atoms with Crippen molar-refractivity contribution in [3.63, 3.8) is 0 Å². The van der Waals surface area contributed by atoms with E-state index in [1.807, 2.05) is 0 Å². The van der Waals surface area contributed by atoms with Crippen LogP contribution < -0.4 is 5.32 Å². The van der Waals surface area contributed by atoms with E-state index in [0.717, 1.165) is 0 Å². The van der Waals surface area contributed by atoms with Gasteiger partial charge in [-0.15, -0.1) is 0 Å². The molecule has 0 fully saturated rings. The van der Waals surface area contributed by atoms with Crippen LogP contribution >= 0.6 is 23.2 Å². The first-order chi connectivity index (χ1) is 7.65. The zero-order valence-corrected chi connectivity index (χ0v) is 9.51. The third-order valence-electron chi connectivity index (χ3n) is 1.87. The minimum atomic E-state index is -0.298. The highest BCUT2D eigenvalue weighted by molar-refractivity contribution is 6.35. The van der Waals surface area contributed by atoms with Gasteiger partial charge >= 0.3 is 0 Å². The van der Waals surface area contributed by atoms with Gasteiger partial charge in [-0.1, -0.05) is 23.2 Å². The predicted octanol–water partition coefficient (Wildman–Crippen LogP) is 2.97. The Hall–Kier alpha value is -1.52. The van der Waals surface area contributed by atoms with E-state index in [4.69, 9.17) is 23.2 Å². The molecular weight excluding hydrogens is 249 g/mol. The smallest absolute Gasteiger partial charge is 0.256 e. The van der Waals surface area contributed by atoms with Crippen LogP contribution in [-0.4, -0.2) is 16.1 Å². The third kappa shape index (κ3) is 2.53. The van der Waals surface area contributed by atoms with Crippen LogP contribution in [0.4, 0.5) is 5.82 Å². The normalized spacial score (nSPS) is 10.1. The standard InChI is InChI=1S/C10H7Cl2N3O/c11-7-3-6(4-8(12)5-7)10(16)14-9-1-2-13-15-9/h1-5H,(H2,13,14,15,16). The molecular formula is C10H7Cl2N3O. The molecule has 0 radical (unpaired) electrons. The number of benzene rings is 1. The van der Waals surface area contributed by atoms with Crippen molar-refractivity contribution in [1.82, 2.24) is 10.2 Å². The molecule has 2 N–H and O–H groups in total. The molecule has 0 spiro atoms. The van der Waals surface area contributed by atoms with E-state index in [9.17, 15) is 4.79 Å². The van der Waals surface area contributed by atoms with Crippen LogP contribution in [0, 0.1) is 0 Å². The van der Waals surface area contributed by atoms with E-state index < -0.39 is 0 Å². The molecule has 2 rings (SSSR count). The monoisotopic (exact) mass is 255 g/mol. The number of carbonyl (C=O) groups excluding carboxylic acids is 1. The van der Waals surface area contributed by atoms with Crippen LogP contribution in [0.3, 0.4) is 0 Å². The van der Waals surface area contributed by atoms with Gasteiger partial charge < -0.3 is 5.32 Å². The Labute approximate surface area is 102 Å². The van der Waals surface area contributed by atoms with Gasteiger partial charge in [0.15, 0.2) is 0 Å². The maximum atomic E-state index is 11.7. The number of hydrogen-bond donors (Lipinski definition) is 2. The SMILES string of the molecule is O=C(Nc1ccn[nH]1)c1cc(Cl)cc(Cl)c1. The molecule has 1 heterocycles. The Balaban J connectivity index is 2.21. The van der Waals surface area contributed by atoms with E-state index in [1.54, 1.807) is 30.5 Å². The second kappa shape index (κ2) is 4.55. The number of aromatic nitrogens is 2. The molecule has 0 aliphatic heterocycles. The first kappa shape index (κ1) is 11.0. The minimum Gasteiger partial charge on any atom is -0.307 e. The molecule has 0 atom stereocenters. The van der Waals surface area contributed by atoms with E-state index in [1.165, 1.54) is 0 Å². The quantitative estimate of drug-likeness (QED) is 0.867. The number of rotatable bonds is 2. The Morgan fingerprint density at radius 1 is 1.25 bits per heavy atom. The van der Waals surface area contributed by atoms with Crippen molar-refractivity contribution in [2.45, 2.75) is 0 Å². The van der Waals surface area contributed by atoms with Gasteiger partial charge in [-0.3, -0.25) is 9.89 Å². The van der Waals surface area contributed by atoms with Crippen LogP contribution in [0.1, 0.15) is 10.4 Å². The number of hydrogen-bond acceptors (Lipinski definition) is 2. The molecule has 0 aliphatic rings. The lowest BCUT2D eigenvalue weighted by Crippen LogP contribution is -2.12. The molecule has 82 valence electrons. The molecule has 6 heteroatoms. The fourth-order valence-corrected chi connectivity index (χ4v) is 1.73. The van der Waals surface area contributed by atoms with Crippen molar-refractivity contribution in [2.24, 2.45) is 0 Å². The summed E-state index contributed by atoms with van der Waals surface area (Å²) in [6.45, 7) is 0. The highest BCUT2D eigenvalue weighted by atomic mass is 35.5. The van der Waals surface area contributed by atoms with Gasteiger partial charge in [-0.25, -0.2) is 0 Å². The number of halogens is 2. The Morgan fingerprint density at radius 2 is 1.94 bits per heavy atom. The lowest BCUT2D eigenvalue weighted by Gasteiger charge is -2.03. The molecule has 0 unspecified atom stereocenters. The van der Waals surface area contributed by atoms with Gasteiger partial charge in [0.1, 0.15) is 5.82 Å². The average Bonchev–Trinajstić information content (AvgIpc) is 2.68. The summed E-state index contributed by atoms with van der Waals surface area (Å²) < 4.78 is 0. The van der Waals surface area contributed by atoms with Crippen molar-refractivity contribution in [1.29, 1.82) is 0 Å². The Kier molecular flexibility index (Phi) is 3.12. The van der Waals surface area contributed by atoms with E-state index in [-0.39, 0.29) is 5.91 Å². The summed E-state index contributed by atoms with van der Waals surface area (Å²) in [5.41, 5.74) is 0.395. The van der Waals surface area contributed by atoms with Gasteiger partial charge in [0.25, 0.3) is 5.91 Å². The van der Waals surface area contributed by atoms with Crippen molar-refractivity contribution in [3.8, 4) is 0 Å². The molecule has 2 aromatic rings. The molecule has 4 nitrogen and oxygen atoms in total. The predicted molar refractivity (Wildman–Crippen MR) is 63.0 cm³/mol. The largest absolute Gasteiger partial charge is 0.307 e. The van der Waals surface area contributed by atoms with Gasteiger partial charge in [0, 0.05) is 21.7 Å². The van der Waals surface area contributed by atoms with Crippen LogP contribution in [0.5, 0.6) is 0 Å². The maximum absolute atomic E-state index is 11.7. The summed E-state index contributed by atoms with van der Waals surface area (Å²) in [5, 5.41) is 9.79. The number of H-pyrrole nitrogens is 1. The summed E-state index contributed by atoms with van der Waals surface area (Å²) in [7, 11) is 0. The second-order valence-corrected chi connectivity index (χ2v) is 3.96. The fraction of sp³-hybridized carbons (Fsp3) is 0. The number of amides is 1. The summed E-state index contributed by atoms with van der Waals surface area (Å²) in [5.74, 6) is 0.217. The Morgan fingerprint density at radius 3 is 2.50 bits per heavy atom. The van der Waals surface area contributed by atoms with Gasteiger partial charge in [-0.2, -0.15) is 5.10 Å². The van der Waals surface area contributed by atoms with Crippen LogP contribution in [-0.2, 0) is 0 Å². The maximum Gasteiger partial charge on any atom is 0.256 e. The highest BCUT2D eigenvalue weighted by Gasteiger charge is 2.08. The van der Waals surface area contributed by atoms with Gasteiger partial charge in [-0.05, 0) is 18.2 Å². The number of anilines is 1. The highest BCUT2D eigenvalue weighted by Crippen LogP contribution is 2.19. The number of nitrogens with zero attached hydrogens (tertiary/aromatic N) is 1.